The van der Waals surface area contributed by atoms with E-state index in [9.17, 15) is 24.3 Å². The van der Waals surface area contributed by atoms with Crippen LogP contribution >= 0.6 is 23.1 Å². The number of ketones is 1. The van der Waals surface area contributed by atoms with Gasteiger partial charge in [0.2, 0.25) is 11.8 Å². The number of nitrogens with one attached hydrogen (secondary N) is 2. The normalized spacial score (nSPS) is 12.5. The van der Waals surface area contributed by atoms with Crippen molar-refractivity contribution < 1.29 is 33.8 Å². The van der Waals surface area contributed by atoms with Crippen LogP contribution in [0.1, 0.15) is 30.7 Å². The lowest BCUT2D eigenvalue weighted by molar-refractivity contribution is -0.140. The van der Waals surface area contributed by atoms with Gasteiger partial charge in [-0.25, -0.2) is 0 Å². The molecule has 1 heterocycles. The predicted molar refractivity (Wildman–Crippen MR) is 140 cm³/mol. The fraction of sp³-hybridized carbons (Fsp3) is 0.440. The highest BCUT2D eigenvalue weighted by atomic mass is 32.2. The molecule has 0 saturated carbocycles. The molecular formula is C25H32N2O7S2. The molecule has 0 aliphatic rings. The number of Topliss-reactive ketones (excluding diaryl/α,β-unsaturated/α-hetero) is 1. The number of hydrogen-bond donors (Lipinski definition) is 3. The summed E-state index contributed by atoms with van der Waals surface area (Å²) in [6, 6.07) is 6.80. The Bertz CT molecular complexity index is 1040. The Labute approximate surface area is 218 Å². The molecule has 2 aromatic rings. The molecule has 0 fully saturated rings. The zero-order valence-corrected chi connectivity index (χ0v) is 22.4. The molecule has 196 valence electrons. The standard InChI is InChI=1S/C25H32N2O7S2/c1-15(2)24(27-22(29)11-16-10-17(33-3)7-8-21(16)34-4)25(32)26-19(12-23(30)31)20(28)14-35-13-18-6-5-9-36-18/h5-10,15,19,24H,11-14H2,1-4H3,(H,26,32)(H,27,29)(H,30,31)/t19-,24-/m0/s1. The third-order valence-corrected chi connectivity index (χ3v) is 7.32. The van der Waals surface area contributed by atoms with Gasteiger partial charge >= 0.3 is 5.97 Å². The maximum atomic E-state index is 13.0. The van der Waals surface area contributed by atoms with E-state index in [2.05, 4.69) is 10.6 Å². The third-order valence-electron chi connectivity index (χ3n) is 5.26. The summed E-state index contributed by atoms with van der Waals surface area (Å²) in [4.78, 5) is 51.0. The van der Waals surface area contributed by atoms with Crippen molar-refractivity contribution >= 4 is 46.7 Å². The molecule has 0 spiro atoms. The highest BCUT2D eigenvalue weighted by Gasteiger charge is 2.30. The topological polar surface area (TPSA) is 131 Å². The van der Waals surface area contributed by atoms with Crippen molar-refractivity contribution in [2.24, 2.45) is 5.92 Å². The quantitative estimate of drug-likeness (QED) is 0.317. The second-order valence-electron chi connectivity index (χ2n) is 8.34. The second-order valence-corrected chi connectivity index (χ2v) is 10.4. The van der Waals surface area contributed by atoms with Crippen LogP contribution in [0.2, 0.25) is 0 Å². The largest absolute Gasteiger partial charge is 0.497 e. The molecule has 0 unspecified atom stereocenters. The van der Waals surface area contributed by atoms with Crippen molar-refractivity contribution in [1.82, 2.24) is 10.6 Å². The molecule has 11 heteroatoms. The van der Waals surface area contributed by atoms with Crippen molar-refractivity contribution in [2.75, 3.05) is 20.0 Å². The van der Waals surface area contributed by atoms with E-state index in [1.165, 1.54) is 26.0 Å². The molecule has 1 aromatic heterocycles. The van der Waals surface area contributed by atoms with Gasteiger partial charge in [-0.2, -0.15) is 0 Å². The number of hydrogen-bond acceptors (Lipinski definition) is 8. The minimum absolute atomic E-state index is 0.0600. The van der Waals surface area contributed by atoms with Gasteiger partial charge in [0.15, 0.2) is 5.78 Å². The van der Waals surface area contributed by atoms with Crippen LogP contribution in [0.4, 0.5) is 0 Å². The zero-order chi connectivity index (χ0) is 26.7. The average Bonchev–Trinajstić information content (AvgIpc) is 3.35. The molecule has 9 nitrogen and oxygen atoms in total. The molecule has 0 aliphatic carbocycles. The number of thioether (sulfide) groups is 1. The highest BCUT2D eigenvalue weighted by Crippen LogP contribution is 2.24. The Morgan fingerprint density at radius 1 is 1.08 bits per heavy atom. The molecule has 3 N–H and O–H groups in total. The first-order chi connectivity index (χ1) is 17.1. The molecule has 0 aliphatic heterocycles. The Morgan fingerprint density at radius 3 is 2.42 bits per heavy atom. The van der Waals surface area contributed by atoms with Crippen LogP contribution in [0.5, 0.6) is 11.5 Å². The van der Waals surface area contributed by atoms with Gasteiger partial charge < -0.3 is 25.2 Å². The minimum atomic E-state index is -1.20. The number of ether oxygens (including phenoxy) is 2. The number of thiophene rings is 1. The number of carboxylic acid groups (broad SMARTS) is 1. The molecule has 1 aromatic carbocycles. The Kier molecular flexibility index (Phi) is 11.7. The molecular weight excluding hydrogens is 504 g/mol. The summed E-state index contributed by atoms with van der Waals surface area (Å²) >= 11 is 2.93. The Hall–Kier alpha value is -3.05. The Balaban J connectivity index is 2.04. The van der Waals surface area contributed by atoms with Crippen LogP contribution in [-0.4, -0.2) is 60.7 Å². The number of rotatable bonds is 15. The summed E-state index contributed by atoms with van der Waals surface area (Å²) < 4.78 is 10.5. The number of aliphatic carboxylic acids is 1. The van der Waals surface area contributed by atoms with Gasteiger partial charge in [-0.15, -0.1) is 23.1 Å². The van der Waals surface area contributed by atoms with E-state index in [4.69, 9.17) is 9.47 Å². The summed E-state index contributed by atoms with van der Waals surface area (Å²) in [6.07, 6.45) is -0.600. The van der Waals surface area contributed by atoms with E-state index in [0.717, 1.165) is 4.88 Å². The van der Waals surface area contributed by atoms with Crippen molar-refractivity contribution in [3.8, 4) is 11.5 Å². The summed E-state index contributed by atoms with van der Waals surface area (Å²) in [5.74, 6) is -1.20. The van der Waals surface area contributed by atoms with Crippen molar-refractivity contribution in [2.45, 2.75) is 44.5 Å². The number of benzene rings is 1. The van der Waals surface area contributed by atoms with Crippen molar-refractivity contribution in [1.29, 1.82) is 0 Å². The van der Waals surface area contributed by atoms with Gasteiger partial charge in [0.25, 0.3) is 0 Å². The van der Waals surface area contributed by atoms with E-state index < -0.39 is 36.3 Å². The van der Waals surface area contributed by atoms with Gasteiger partial charge in [0, 0.05) is 16.2 Å². The molecule has 0 saturated heterocycles. The van der Waals surface area contributed by atoms with E-state index in [1.54, 1.807) is 43.4 Å². The maximum absolute atomic E-state index is 13.0. The fourth-order valence-corrected chi connectivity index (χ4v) is 5.19. The molecule has 2 amide bonds. The number of carbonyl (C=O) groups excluding carboxylic acids is 3. The van der Waals surface area contributed by atoms with Gasteiger partial charge in [0.1, 0.15) is 17.5 Å². The highest BCUT2D eigenvalue weighted by molar-refractivity contribution is 7.99. The summed E-state index contributed by atoms with van der Waals surface area (Å²) in [7, 11) is 3.01. The lowest BCUT2D eigenvalue weighted by Gasteiger charge is -2.24. The summed E-state index contributed by atoms with van der Waals surface area (Å²) in [5, 5.41) is 16.5. The first-order valence-corrected chi connectivity index (χ1v) is 13.3. The first-order valence-electron chi connectivity index (χ1n) is 11.3. The molecule has 2 rings (SSSR count). The van der Waals surface area contributed by atoms with Crippen LogP contribution in [0.25, 0.3) is 0 Å². The summed E-state index contributed by atoms with van der Waals surface area (Å²) in [5.41, 5.74) is 0.582. The van der Waals surface area contributed by atoms with E-state index in [1.807, 2.05) is 17.5 Å². The fourth-order valence-electron chi connectivity index (χ4n) is 3.38. The van der Waals surface area contributed by atoms with Crippen LogP contribution in [0.3, 0.4) is 0 Å². The van der Waals surface area contributed by atoms with Crippen LogP contribution in [0.15, 0.2) is 35.7 Å². The van der Waals surface area contributed by atoms with E-state index in [-0.39, 0.29) is 23.9 Å². The lowest BCUT2D eigenvalue weighted by Crippen LogP contribution is -2.54. The molecule has 0 radical (unpaired) electrons. The molecule has 0 bridgehead atoms. The maximum Gasteiger partial charge on any atom is 0.305 e. The predicted octanol–water partition coefficient (Wildman–Crippen LogP) is 2.91. The number of amides is 2. The molecule has 36 heavy (non-hydrogen) atoms. The minimum Gasteiger partial charge on any atom is -0.497 e. The Morgan fingerprint density at radius 2 is 1.83 bits per heavy atom. The second kappa shape index (κ2) is 14.5. The smallest absolute Gasteiger partial charge is 0.305 e. The van der Waals surface area contributed by atoms with Gasteiger partial charge in [-0.3, -0.25) is 19.2 Å². The van der Waals surface area contributed by atoms with Gasteiger partial charge in [-0.05, 0) is 35.6 Å². The van der Waals surface area contributed by atoms with Crippen LogP contribution in [-0.2, 0) is 31.4 Å². The number of methoxy groups -OCH3 is 2. The van der Waals surface area contributed by atoms with Gasteiger partial charge in [-0.1, -0.05) is 19.9 Å². The van der Waals surface area contributed by atoms with Gasteiger partial charge in [0.05, 0.1) is 38.9 Å². The van der Waals surface area contributed by atoms with Crippen LogP contribution < -0.4 is 20.1 Å². The van der Waals surface area contributed by atoms with E-state index in [0.29, 0.717) is 22.8 Å². The van der Waals surface area contributed by atoms with Crippen LogP contribution in [0, 0.1) is 5.92 Å². The monoisotopic (exact) mass is 536 g/mol. The van der Waals surface area contributed by atoms with Crippen molar-refractivity contribution in [3.05, 3.63) is 46.2 Å². The van der Waals surface area contributed by atoms with Crippen molar-refractivity contribution in [3.63, 3.8) is 0 Å². The lowest BCUT2D eigenvalue weighted by atomic mass is 10.0. The molecule has 2 atom stereocenters. The third kappa shape index (κ3) is 9.19. The zero-order valence-electron chi connectivity index (χ0n) is 20.7. The number of carboxylic acids is 1. The number of carbonyl (C=O) groups is 4. The summed E-state index contributed by atoms with van der Waals surface area (Å²) in [6.45, 7) is 3.50. The van der Waals surface area contributed by atoms with E-state index >= 15 is 0 Å². The first kappa shape index (κ1) is 29.2. The SMILES string of the molecule is COc1ccc(OC)c(CC(=O)N[C@H](C(=O)N[C@@H](CC(=O)O)C(=O)CSCc2cccs2)C(C)C)c1. The average molecular weight is 537 g/mol.